The molecule has 0 aliphatic rings. The third-order valence-corrected chi connectivity index (χ3v) is 4.12. The van der Waals surface area contributed by atoms with E-state index in [1.807, 2.05) is 30.3 Å². The maximum absolute atomic E-state index is 12.7. The molecule has 0 bridgehead atoms. The zero-order valence-electron chi connectivity index (χ0n) is 15.4. The van der Waals surface area contributed by atoms with E-state index in [1.165, 1.54) is 24.1 Å². The molecule has 8 heteroatoms. The first-order valence-electron chi connectivity index (χ1n) is 8.62. The number of alkyl halides is 3. The Bertz CT molecular complexity index is 1030. The molecule has 2 amide bonds. The van der Waals surface area contributed by atoms with E-state index < -0.39 is 18.0 Å². The Kier molecular flexibility index (Phi) is 5.72. The zero-order chi connectivity index (χ0) is 21.0. The number of nitrogens with one attached hydrogen (secondary N) is 1. The van der Waals surface area contributed by atoms with Crippen LogP contribution in [0.1, 0.15) is 10.4 Å². The van der Waals surface area contributed by atoms with Crippen LogP contribution in [-0.2, 0) is 4.79 Å². The average molecular weight is 402 g/mol. The summed E-state index contributed by atoms with van der Waals surface area (Å²) in [6.45, 7) is -0.219. The number of rotatable bonds is 5. The Morgan fingerprint density at radius 3 is 2.31 bits per heavy atom. The number of ether oxygens (including phenoxy) is 1. The number of likely N-dealkylation sites (N-methyl/N-ethyl adjacent to an activating group) is 1. The summed E-state index contributed by atoms with van der Waals surface area (Å²) < 4.78 is 40.3. The highest BCUT2D eigenvalue weighted by Crippen LogP contribution is 2.24. The second kappa shape index (κ2) is 8.22. The third kappa shape index (κ3) is 5.25. The number of benzene rings is 3. The van der Waals surface area contributed by atoms with E-state index in [9.17, 15) is 22.8 Å². The zero-order valence-corrected chi connectivity index (χ0v) is 15.4. The quantitative estimate of drug-likeness (QED) is 0.686. The predicted octanol–water partition coefficient (Wildman–Crippen LogP) is 4.45. The van der Waals surface area contributed by atoms with Crippen LogP contribution in [0.4, 0.5) is 18.9 Å². The van der Waals surface area contributed by atoms with Crippen molar-refractivity contribution in [3.05, 3.63) is 72.3 Å². The summed E-state index contributed by atoms with van der Waals surface area (Å²) in [4.78, 5) is 26.2. The van der Waals surface area contributed by atoms with Crippen LogP contribution in [0.25, 0.3) is 10.8 Å². The third-order valence-electron chi connectivity index (χ3n) is 4.12. The minimum Gasteiger partial charge on any atom is -0.406 e. The first-order chi connectivity index (χ1) is 13.7. The molecule has 1 N–H and O–H groups in total. The molecular weight excluding hydrogens is 385 g/mol. The number of hydrogen-bond acceptors (Lipinski definition) is 3. The van der Waals surface area contributed by atoms with Crippen molar-refractivity contribution in [2.45, 2.75) is 6.36 Å². The number of carbonyl (C=O) groups excluding carboxylic acids is 2. The molecule has 3 aromatic rings. The topological polar surface area (TPSA) is 58.6 Å². The minimum atomic E-state index is -4.78. The molecule has 0 unspecified atom stereocenters. The molecule has 5 nitrogen and oxygen atoms in total. The highest BCUT2D eigenvalue weighted by Gasteiger charge is 2.31. The van der Waals surface area contributed by atoms with E-state index in [-0.39, 0.29) is 18.1 Å². The molecule has 0 saturated carbocycles. The molecule has 0 spiro atoms. The second-order valence-electron chi connectivity index (χ2n) is 6.31. The molecule has 0 atom stereocenters. The van der Waals surface area contributed by atoms with Crippen LogP contribution >= 0.6 is 0 Å². The van der Waals surface area contributed by atoms with Gasteiger partial charge in [0, 0.05) is 18.3 Å². The molecule has 3 aromatic carbocycles. The van der Waals surface area contributed by atoms with Crippen LogP contribution in [0.2, 0.25) is 0 Å². The highest BCUT2D eigenvalue weighted by molar-refractivity contribution is 6.08. The Balaban J connectivity index is 1.63. The summed E-state index contributed by atoms with van der Waals surface area (Å²) in [7, 11) is 1.50. The largest absolute Gasteiger partial charge is 0.573 e. The number of carbonyl (C=O) groups is 2. The Labute approximate surface area is 164 Å². The normalized spacial score (nSPS) is 11.2. The predicted molar refractivity (Wildman–Crippen MR) is 103 cm³/mol. The second-order valence-corrected chi connectivity index (χ2v) is 6.31. The summed E-state index contributed by atoms with van der Waals surface area (Å²) in [6.07, 6.45) is -4.78. The lowest BCUT2D eigenvalue weighted by Gasteiger charge is -2.18. The SMILES string of the molecule is CN(CC(=O)Nc1ccc(OC(F)(F)F)cc1)C(=O)c1cccc2ccccc12. The summed E-state index contributed by atoms with van der Waals surface area (Å²) in [5, 5.41) is 4.24. The van der Waals surface area contributed by atoms with Crippen molar-refractivity contribution in [1.82, 2.24) is 4.90 Å². The number of amides is 2. The van der Waals surface area contributed by atoms with E-state index >= 15 is 0 Å². The van der Waals surface area contributed by atoms with E-state index in [1.54, 1.807) is 12.1 Å². The van der Waals surface area contributed by atoms with Gasteiger partial charge in [-0.2, -0.15) is 0 Å². The molecule has 0 saturated heterocycles. The van der Waals surface area contributed by atoms with Crippen molar-refractivity contribution in [2.24, 2.45) is 0 Å². The van der Waals surface area contributed by atoms with E-state index in [0.29, 0.717) is 5.56 Å². The van der Waals surface area contributed by atoms with Crippen molar-refractivity contribution in [2.75, 3.05) is 18.9 Å². The lowest BCUT2D eigenvalue weighted by Crippen LogP contribution is -2.35. The molecule has 29 heavy (non-hydrogen) atoms. The molecule has 0 heterocycles. The van der Waals surface area contributed by atoms with Crippen LogP contribution in [0.5, 0.6) is 5.75 Å². The van der Waals surface area contributed by atoms with Gasteiger partial charge >= 0.3 is 6.36 Å². The molecule has 0 aliphatic heterocycles. The first kappa shape index (κ1) is 20.2. The summed E-state index contributed by atoms with van der Waals surface area (Å²) in [5.41, 5.74) is 0.766. The van der Waals surface area contributed by atoms with Gasteiger partial charge in [0.2, 0.25) is 5.91 Å². The molecule has 3 rings (SSSR count). The summed E-state index contributed by atoms with van der Waals surface area (Å²) in [6, 6.07) is 17.5. The molecule has 0 radical (unpaired) electrons. The van der Waals surface area contributed by atoms with E-state index in [2.05, 4.69) is 10.1 Å². The molecular formula is C21H17F3N2O3. The van der Waals surface area contributed by atoms with Crippen molar-refractivity contribution in [1.29, 1.82) is 0 Å². The van der Waals surface area contributed by atoms with Gasteiger partial charge in [-0.05, 0) is 41.1 Å². The lowest BCUT2D eigenvalue weighted by molar-refractivity contribution is -0.274. The fourth-order valence-corrected chi connectivity index (χ4v) is 2.85. The monoisotopic (exact) mass is 402 g/mol. The number of hydrogen-bond donors (Lipinski definition) is 1. The van der Waals surface area contributed by atoms with Gasteiger partial charge in [0.25, 0.3) is 5.91 Å². The number of halogens is 3. The van der Waals surface area contributed by atoms with Gasteiger partial charge in [-0.1, -0.05) is 36.4 Å². The number of anilines is 1. The molecule has 150 valence electrons. The fourth-order valence-electron chi connectivity index (χ4n) is 2.85. The van der Waals surface area contributed by atoms with Crippen LogP contribution in [0, 0.1) is 0 Å². The minimum absolute atomic E-state index is 0.219. The molecule has 0 aliphatic carbocycles. The van der Waals surface area contributed by atoms with Gasteiger partial charge in [-0.15, -0.1) is 13.2 Å². The molecule has 0 aromatic heterocycles. The standard InChI is InChI=1S/C21H17F3N2O3/c1-26(20(28)18-8-4-6-14-5-2-3-7-17(14)18)13-19(27)25-15-9-11-16(12-10-15)29-21(22,23)24/h2-12H,13H2,1H3,(H,25,27). The molecule has 0 fully saturated rings. The van der Waals surface area contributed by atoms with Gasteiger partial charge in [0.1, 0.15) is 5.75 Å². The van der Waals surface area contributed by atoms with Crippen molar-refractivity contribution in [3.63, 3.8) is 0 Å². The van der Waals surface area contributed by atoms with E-state index in [4.69, 9.17) is 0 Å². The Morgan fingerprint density at radius 1 is 0.966 bits per heavy atom. The highest BCUT2D eigenvalue weighted by atomic mass is 19.4. The first-order valence-corrected chi connectivity index (χ1v) is 8.62. The average Bonchev–Trinajstić information content (AvgIpc) is 2.67. The van der Waals surface area contributed by atoms with Crippen molar-refractivity contribution >= 4 is 28.3 Å². The van der Waals surface area contributed by atoms with Gasteiger partial charge in [0.15, 0.2) is 0 Å². The number of nitrogens with zero attached hydrogens (tertiary/aromatic N) is 1. The lowest BCUT2D eigenvalue weighted by atomic mass is 10.0. The Morgan fingerprint density at radius 2 is 1.62 bits per heavy atom. The maximum atomic E-state index is 12.7. The van der Waals surface area contributed by atoms with Gasteiger partial charge in [-0.25, -0.2) is 0 Å². The number of fused-ring (bicyclic) bond motifs is 1. The van der Waals surface area contributed by atoms with Crippen LogP contribution < -0.4 is 10.1 Å². The van der Waals surface area contributed by atoms with Crippen LogP contribution in [-0.4, -0.2) is 36.7 Å². The van der Waals surface area contributed by atoms with Crippen molar-refractivity contribution < 1.29 is 27.5 Å². The Hall–Kier alpha value is -3.55. The van der Waals surface area contributed by atoms with Gasteiger partial charge in [-0.3, -0.25) is 9.59 Å². The fraction of sp³-hybridized carbons (Fsp3) is 0.143. The summed E-state index contributed by atoms with van der Waals surface area (Å²) in [5.74, 6) is -1.18. The van der Waals surface area contributed by atoms with Crippen LogP contribution in [0.15, 0.2) is 66.7 Å². The van der Waals surface area contributed by atoms with Gasteiger partial charge < -0.3 is 15.0 Å². The van der Waals surface area contributed by atoms with Gasteiger partial charge in [0.05, 0.1) is 6.54 Å². The van der Waals surface area contributed by atoms with Crippen molar-refractivity contribution in [3.8, 4) is 5.75 Å². The smallest absolute Gasteiger partial charge is 0.406 e. The summed E-state index contributed by atoms with van der Waals surface area (Å²) >= 11 is 0. The maximum Gasteiger partial charge on any atom is 0.573 e. The van der Waals surface area contributed by atoms with Crippen LogP contribution in [0.3, 0.4) is 0 Å². The van der Waals surface area contributed by atoms with E-state index in [0.717, 1.165) is 22.9 Å².